The van der Waals surface area contributed by atoms with Crippen molar-refractivity contribution in [2.45, 2.75) is 26.8 Å². The maximum Gasteiger partial charge on any atom is 0.144 e. The van der Waals surface area contributed by atoms with Gasteiger partial charge in [-0.05, 0) is 19.0 Å². The Bertz CT molecular complexity index is 418. The van der Waals surface area contributed by atoms with Crippen LogP contribution < -0.4 is 11.1 Å². The maximum atomic E-state index is 13.3. The summed E-state index contributed by atoms with van der Waals surface area (Å²) in [7, 11) is 0. The van der Waals surface area contributed by atoms with Gasteiger partial charge in [-0.3, -0.25) is 0 Å². The SMILES string of the molecule is CC(C)(CCNCc1ccccc1F)C(N)=NO. The third-order valence-electron chi connectivity index (χ3n) is 3.00. The van der Waals surface area contributed by atoms with Gasteiger partial charge in [0.1, 0.15) is 11.7 Å². The first-order chi connectivity index (χ1) is 8.47. The molecular weight excluding hydrogens is 233 g/mol. The van der Waals surface area contributed by atoms with Crippen molar-refractivity contribution < 1.29 is 9.60 Å². The molecule has 0 saturated heterocycles. The summed E-state index contributed by atoms with van der Waals surface area (Å²) >= 11 is 0. The topological polar surface area (TPSA) is 70.6 Å². The Morgan fingerprint density at radius 1 is 1.44 bits per heavy atom. The second kappa shape index (κ2) is 6.35. The monoisotopic (exact) mass is 253 g/mol. The third kappa shape index (κ3) is 4.00. The lowest BCUT2D eigenvalue weighted by Crippen LogP contribution is -2.34. The number of hydrogen-bond acceptors (Lipinski definition) is 3. The summed E-state index contributed by atoms with van der Waals surface area (Å²) in [6, 6.07) is 6.66. The molecule has 0 aromatic heterocycles. The highest BCUT2D eigenvalue weighted by atomic mass is 19.1. The fourth-order valence-corrected chi connectivity index (χ4v) is 1.53. The van der Waals surface area contributed by atoms with Gasteiger partial charge in [0.05, 0.1) is 0 Å². The van der Waals surface area contributed by atoms with Gasteiger partial charge >= 0.3 is 0 Å². The normalized spacial score (nSPS) is 12.7. The van der Waals surface area contributed by atoms with Crippen LogP contribution in [-0.2, 0) is 6.54 Å². The Morgan fingerprint density at radius 2 is 2.11 bits per heavy atom. The average Bonchev–Trinajstić information content (AvgIpc) is 2.35. The third-order valence-corrected chi connectivity index (χ3v) is 3.00. The lowest BCUT2D eigenvalue weighted by molar-refractivity contribution is 0.305. The van der Waals surface area contributed by atoms with Crippen LogP contribution in [0.25, 0.3) is 0 Å². The molecule has 18 heavy (non-hydrogen) atoms. The van der Waals surface area contributed by atoms with E-state index in [4.69, 9.17) is 10.9 Å². The van der Waals surface area contributed by atoms with Gasteiger partial charge in [-0.1, -0.05) is 37.2 Å². The molecule has 0 aliphatic carbocycles. The zero-order valence-corrected chi connectivity index (χ0v) is 10.8. The van der Waals surface area contributed by atoms with Crippen molar-refractivity contribution in [2.24, 2.45) is 16.3 Å². The van der Waals surface area contributed by atoms with Gasteiger partial charge in [0.25, 0.3) is 0 Å². The van der Waals surface area contributed by atoms with Gasteiger partial charge < -0.3 is 16.3 Å². The number of amidine groups is 1. The van der Waals surface area contributed by atoms with Crippen LogP contribution in [-0.4, -0.2) is 17.6 Å². The van der Waals surface area contributed by atoms with E-state index in [0.717, 1.165) is 0 Å². The number of nitrogens with one attached hydrogen (secondary N) is 1. The zero-order chi connectivity index (χ0) is 13.6. The first-order valence-electron chi connectivity index (χ1n) is 5.89. The molecule has 0 atom stereocenters. The van der Waals surface area contributed by atoms with Crippen LogP contribution in [0.15, 0.2) is 29.4 Å². The van der Waals surface area contributed by atoms with Crippen molar-refractivity contribution in [3.8, 4) is 0 Å². The van der Waals surface area contributed by atoms with E-state index < -0.39 is 0 Å². The Hall–Kier alpha value is -1.62. The molecule has 100 valence electrons. The van der Waals surface area contributed by atoms with Crippen molar-refractivity contribution in [3.63, 3.8) is 0 Å². The van der Waals surface area contributed by atoms with Gasteiger partial charge in [0.15, 0.2) is 0 Å². The highest BCUT2D eigenvalue weighted by molar-refractivity contribution is 5.85. The van der Waals surface area contributed by atoms with Crippen molar-refractivity contribution in [1.29, 1.82) is 0 Å². The summed E-state index contributed by atoms with van der Waals surface area (Å²) in [6.45, 7) is 4.93. The predicted molar refractivity (Wildman–Crippen MR) is 69.9 cm³/mol. The Labute approximate surface area is 107 Å². The quantitative estimate of drug-likeness (QED) is 0.239. The van der Waals surface area contributed by atoms with Gasteiger partial charge in [0, 0.05) is 17.5 Å². The first-order valence-corrected chi connectivity index (χ1v) is 5.89. The Morgan fingerprint density at radius 3 is 2.72 bits per heavy atom. The van der Waals surface area contributed by atoms with E-state index in [9.17, 15) is 4.39 Å². The lowest BCUT2D eigenvalue weighted by atomic mass is 9.88. The van der Waals surface area contributed by atoms with Crippen LogP contribution >= 0.6 is 0 Å². The van der Waals surface area contributed by atoms with Crippen molar-refractivity contribution in [1.82, 2.24) is 5.32 Å². The fraction of sp³-hybridized carbons (Fsp3) is 0.462. The molecule has 0 aliphatic heterocycles. The summed E-state index contributed by atoms with van der Waals surface area (Å²) in [6.07, 6.45) is 0.706. The minimum atomic E-state index is -0.378. The number of oxime groups is 1. The Kier molecular flexibility index (Phi) is 5.09. The standard InChI is InChI=1S/C13H20FN3O/c1-13(2,12(15)17-18)7-8-16-9-10-5-3-4-6-11(10)14/h3-6,16,18H,7-9H2,1-2H3,(H2,15,17). The molecule has 0 heterocycles. The second-order valence-electron chi connectivity index (χ2n) is 4.89. The maximum absolute atomic E-state index is 13.3. The largest absolute Gasteiger partial charge is 0.409 e. The van der Waals surface area contributed by atoms with E-state index in [1.54, 1.807) is 18.2 Å². The molecule has 4 nitrogen and oxygen atoms in total. The van der Waals surface area contributed by atoms with Crippen LogP contribution in [0, 0.1) is 11.2 Å². The van der Waals surface area contributed by atoms with E-state index in [1.807, 2.05) is 13.8 Å². The summed E-state index contributed by atoms with van der Waals surface area (Å²) in [5.74, 6) is -0.00381. The first kappa shape index (κ1) is 14.4. The molecule has 1 aromatic rings. The highest BCUT2D eigenvalue weighted by Crippen LogP contribution is 2.19. The summed E-state index contributed by atoms with van der Waals surface area (Å²) in [4.78, 5) is 0. The van der Waals surface area contributed by atoms with Crippen LogP contribution in [0.1, 0.15) is 25.8 Å². The van der Waals surface area contributed by atoms with E-state index in [1.165, 1.54) is 6.07 Å². The molecule has 4 N–H and O–H groups in total. The lowest BCUT2D eigenvalue weighted by Gasteiger charge is -2.22. The number of halogens is 1. The number of nitrogens with two attached hydrogens (primary N) is 1. The van der Waals surface area contributed by atoms with Crippen LogP contribution in [0.2, 0.25) is 0 Å². The number of benzene rings is 1. The van der Waals surface area contributed by atoms with Crippen LogP contribution in [0.5, 0.6) is 0 Å². The van der Waals surface area contributed by atoms with Crippen LogP contribution in [0.3, 0.4) is 0 Å². The number of nitrogens with zero attached hydrogens (tertiary/aromatic N) is 1. The summed E-state index contributed by atoms with van der Waals surface area (Å²) < 4.78 is 13.3. The van der Waals surface area contributed by atoms with E-state index in [-0.39, 0.29) is 17.1 Å². The second-order valence-corrected chi connectivity index (χ2v) is 4.89. The molecule has 1 rings (SSSR count). The zero-order valence-electron chi connectivity index (χ0n) is 10.8. The predicted octanol–water partition coefficient (Wildman–Crippen LogP) is 2.08. The van der Waals surface area contributed by atoms with Gasteiger partial charge in [-0.25, -0.2) is 4.39 Å². The minimum absolute atomic E-state index is 0.204. The summed E-state index contributed by atoms with van der Waals surface area (Å²) in [5, 5.41) is 14.8. The number of hydrogen-bond donors (Lipinski definition) is 3. The smallest absolute Gasteiger partial charge is 0.144 e. The van der Waals surface area contributed by atoms with Crippen molar-refractivity contribution in [3.05, 3.63) is 35.6 Å². The molecule has 5 heteroatoms. The fourth-order valence-electron chi connectivity index (χ4n) is 1.53. The molecule has 0 radical (unpaired) electrons. The molecule has 0 unspecified atom stereocenters. The van der Waals surface area contributed by atoms with E-state index in [0.29, 0.717) is 25.1 Å². The Balaban J connectivity index is 2.38. The molecule has 1 aromatic carbocycles. The summed E-state index contributed by atoms with van der Waals surface area (Å²) in [5.41, 5.74) is 5.84. The van der Waals surface area contributed by atoms with Crippen molar-refractivity contribution >= 4 is 5.84 Å². The van der Waals surface area contributed by atoms with Crippen molar-refractivity contribution in [2.75, 3.05) is 6.54 Å². The van der Waals surface area contributed by atoms with E-state index in [2.05, 4.69) is 10.5 Å². The molecule has 0 amide bonds. The molecule has 0 spiro atoms. The molecule has 0 bridgehead atoms. The number of rotatable bonds is 6. The molecular formula is C13H20FN3O. The molecule has 0 fully saturated rings. The van der Waals surface area contributed by atoms with Gasteiger partial charge in [0.2, 0.25) is 0 Å². The van der Waals surface area contributed by atoms with Crippen LogP contribution in [0.4, 0.5) is 4.39 Å². The van der Waals surface area contributed by atoms with Gasteiger partial charge in [-0.15, -0.1) is 0 Å². The molecule has 0 aliphatic rings. The average molecular weight is 253 g/mol. The highest BCUT2D eigenvalue weighted by Gasteiger charge is 2.22. The molecule has 0 saturated carbocycles. The van der Waals surface area contributed by atoms with Gasteiger partial charge in [-0.2, -0.15) is 0 Å². The minimum Gasteiger partial charge on any atom is -0.409 e. The van der Waals surface area contributed by atoms with E-state index >= 15 is 0 Å².